The van der Waals surface area contributed by atoms with Gasteiger partial charge in [0.2, 0.25) is 0 Å². The highest BCUT2D eigenvalue weighted by atomic mass is 79.9. The Balaban J connectivity index is 1.99. The van der Waals surface area contributed by atoms with Crippen molar-refractivity contribution in [3.63, 3.8) is 0 Å². The predicted molar refractivity (Wildman–Crippen MR) is 101 cm³/mol. The first kappa shape index (κ1) is 21.0. The van der Waals surface area contributed by atoms with E-state index in [4.69, 9.17) is 0 Å². The van der Waals surface area contributed by atoms with Crippen molar-refractivity contribution in [3.8, 4) is 5.75 Å². The highest BCUT2D eigenvalue weighted by Gasteiger charge is 2.33. The summed E-state index contributed by atoms with van der Waals surface area (Å²) in [7, 11) is 2.72. The van der Waals surface area contributed by atoms with Gasteiger partial charge in [-0.25, -0.2) is 9.48 Å². The SMILES string of the molecule is COC(=O)c1cc(NC(c2csc(Br)c2)c2nnnn2C)ccc1OC(F)(F)F. The van der Waals surface area contributed by atoms with E-state index in [0.717, 1.165) is 22.5 Å². The molecule has 0 saturated heterocycles. The maximum atomic E-state index is 12.6. The number of esters is 1. The summed E-state index contributed by atoms with van der Waals surface area (Å²) >= 11 is 4.84. The first-order valence-electron chi connectivity index (χ1n) is 7.89. The molecule has 3 aromatic rings. The number of thiophene rings is 1. The van der Waals surface area contributed by atoms with E-state index in [0.29, 0.717) is 11.5 Å². The van der Waals surface area contributed by atoms with Gasteiger partial charge in [-0.05, 0) is 61.6 Å². The molecular weight excluding hydrogens is 479 g/mol. The van der Waals surface area contributed by atoms with Crippen molar-refractivity contribution in [1.82, 2.24) is 20.2 Å². The lowest BCUT2D eigenvalue weighted by Gasteiger charge is -2.19. The molecule has 1 aromatic carbocycles. The highest BCUT2D eigenvalue weighted by Crippen LogP contribution is 2.33. The number of alkyl halides is 3. The quantitative estimate of drug-likeness (QED) is 0.522. The van der Waals surface area contributed by atoms with Crippen molar-refractivity contribution < 1.29 is 27.4 Å². The number of benzene rings is 1. The number of aryl methyl sites for hydroxylation is 1. The zero-order chi connectivity index (χ0) is 21.2. The second kappa shape index (κ2) is 8.37. The molecule has 2 heterocycles. The highest BCUT2D eigenvalue weighted by molar-refractivity contribution is 9.11. The number of tetrazole rings is 1. The van der Waals surface area contributed by atoms with E-state index in [1.54, 1.807) is 7.05 Å². The summed E-state index contributed by atoms with van der Waals surface area (Å²) in [6, 6.07) is 4.94. The average Bonchev–Trinajstić information content (AvgIpc) is 3.27. The van der Waals surface area contributed by atoms with Crippen molar-refractivity contribution >= 4 is 38.9 Å². The second-order valence-electron chi connectivity index (χ2n) is 5.67. The topological polar surface area (TPSA) is 91.2 Å². The Morgan fingerprint density at radius 1 is 1.34 bits per heavy atom. The van der Waals surface area contributed by atoms with Gasteiger partial charge in [-0.1, -0.05) is 0 Å². The molecular formula is C16H13BrF3N5O3S. The molecule has 0 fully saturated rings. The maximum absolute atomic E-state index is 12.6. The Labute approximate surface area is 174 Å². The van der Waals surface area contributed by atoms with Gasteiger partial charge in [0, 0.05) is 12.7 Å². The second-order valence-corrected chi connectivity index (χ2v) is 7.96. The van der Waals surface area contributed by atoms with Crippen molar-refractivity contribution in [3.05, 3.63) is 50.4 Å². The van der Waals surface area contributed by atoms with E-state index in [2.05, 4.69) is 46.2 Å². The molecule has 1 atom stereocenters. The van der Waals surface area contributed by atoms with Crippen LogP contribution in [0.1, 0.15) is 27.8 Å². The molecule has 0 aliphatic rings. The summed E-state index contributed by atoms with van der Waals surface area (Å²) in [4.78, 5) is 12.0. The van der Waals surface area contributed by atoms with Crippen LogP contribution in [0.15, 0.2) is 33.4 Å². The smallest absolute Gasteiger partial charge is 0.465 e. The van der Waals surface area contributed by atoms with Gasteiger partial charge in [0.25, 0.3) is 0 Å². The third-order valence-corrected chi connectivity index (χ3v) is 5.28. The molecule has 1 N–H and O–H groups in total. The van der Waals surface area contributed by atoms with Gasteiger partial charge >= 0.3 is 12.3 Å². The fourth-order valence-corrected chi connectivity index (χ4v) is 3.72. The van der Waals surface area contributed by atoms with Crippen LogP contribution in [0, 0.1) is 0 Å². The number of nitrogens with one attached hydrogen (secondary N) is 1. The lowest BCUT2D eigenvalue weighted by molar-refractivity contribution is -0.274. The van der Waals surface area contributed by atoms with E-state index in [-0.39, 0.29) is 5.56 Å². The number of halogens is 4. The lowest BCUT2D eigenvalue weighted by atomic mass is 10.1. The first-order valence-corrected chi connectivity index (χ1v) is 9.56. The standard InChI is InChI=1S/C16H13BrF3N5O3S/c1-25-14(22-23-24-25)13(8-5-12(17)29-7-8)21-9-3-4-11(28-16(18,19)20)10(6-9)15(26)27-2/h3-7,13,21H,1-2H3. The molecule has 13 heteroatoms. The maximum Gasteiger partial charge on any atom is 0.573 e. The lowest BCUT2D eigenvalue weighted by Crippen LogP contribution is -2.20. The first-order chi connectivity index (χ1) is 13.7. The van der Waals surface area contributed by atoms with Crippen LogP contribution in [0.5, 0.6) is 5.75 Å². The third-order valence-electron chi connectivity index (χ3n) is 3.75. The van der Waals surface area contributed by atoms with Crippen LogP contribution in [-0.4, -0.2) is 39.6 Å². The molecule has 0 bridgehead atoms. The van der Waals surface area contributed by atoms with Gasteiger partial charge in [-0.2, -0.15) is 0 Å². The van der Waals surface area contributed by atoms with Crippen LogP contribution in [0.25, 0.3) is 0 Å². The van der Waals surface area contributed by atoms with E-state index in [1.165, 1.54) is 28.2 Å². The minimum atomic E-state index is -4.95. The largest absolute Gasteiger partial charge is 0.573 e. The number of nitrogens with zero attached hydrogens (tertiary/aromatic N) is 4. The summed E-state index contributed by atoms with van der Waals surface area (Å²) in [5.74, 6) is -1.17. The van der Waals surface area contributed by atoms with E-state index in [9.17, 15) is 18.0 Å². The van der Waals surface area contributed by atoms with Crippen LogP contribution >= 0.6 is 27.3 Å². The number of hydrogen-bond donors (Lipinski definition) is 1. The van der Waals surface area contributed by atoms with Gasteiger partial charge in [-0.3, -0.25) is 0 Å². The molecule has 0 aliphatic heterocycles. The minimum Gasteiger partial charge on any atom is -0.465 e. The summed E-state index contributed by atoms with van der Waals surface area (Å²) in [6.45, 7) is 0. The van der Waals surface area contributed by atoms with Crippen molar-refractivity contribution in [2.45, 2.75) is 12.4 Å². The molecule has 154 valence electrons. The van der Waals surface area contributed by atoms with Crippen LogP contribution in [0.3, 0.4) is 0 Å². The fourth-order valence-electron chi connectivity index (χ4n) is 2.52. The van der Waals surface area contributed by atoms with Crippen LogP contribution < -0.4 is 10.1 Å². The molecule has 0 saturated carbocycles. The molecule has 8 nitrogen and oxygen atoms in total. The van der Waals surface area contributed by atoms with Crippen molar-refractivity contribution in [2.24, 2.45) is 7.05 Å². The molecule has 0 amide bonds. The molecule has 0 radical (unpaired) electrons. The number of hydrogen-bond acceptors (Lipinski definition) is 8. The zero-order valence-corrected chi connectivity index (χ0v) is 17.3. The summed E-state index contributed by atoms with van der Waals surface area (Å²) in [5, 5.41) is 16.5. The van der Waals surface area contributed by atoms with Gasteiger partial charge < -0.3 is 14.8 Å². The fraction of sp³-hybridized carbons (Fsp3) is 0.250. The van der Waals surface area contributed by atoms with Crippen molar-refractivity contribution in [1.29, 1.82) is 0 Å². The molecule has 2 aromatic heterocycles. The Bertz CT molecular complexity index is 1020. The molecule has 0 aliphatic carbocycles. The van der Waals surface area contributed by atoms with Gasteiger partial charge in [0.1, 0.15) is 17.4 Å². The summed E-state index contributed by atoms with van der Waals surface area (Å²) in [5.41, 5.74) is 0.779. The molecule has 3 rings (SSSR count). The van der Waals surface area contributed by atoms with E-state index >= 15 is 0 Å². The van der Waals surface area contributed by atoms with Gasteiger partial charge in [0.15, 0.2) is 5.82 Å². The molecule has 29 heavy (non-hydrogen) atoms. The van der Waals surface area contributed by atoms with Crippen LogP contribution in [-0.2, 0) is 11.8 Å². The number of carbonyl (C=O) groups excluding carboxylic acids is 1. The summed E-state index contributed by atoms with van der Waals surface area (Å²) in [6.07, 6.45) is -4.95. The Kier molecular flexibility index (Phi) is 6.07. The third kappa shape index (κ3) is 5.03. The Hall–Kier alpha value is -2.67. The number of carbonyl (C=O) groups is 1. The Morgan fingerprint density at radius 2 is 2.10 bits per heavy atom. The van der Waals surface area contributed by atoms with Crippen LogP contribution in [0.4, 0.5) is 18.9 Å². The number of anilines is 1. The normalized spacial score (nSPS) is 12.5. The van der Waals surface area contributed by atoms with Crippen molar-refractivity contribution in [2.75, 3.05) is 12.4 Å². The molecule has 0 spiro atoms. The minimum absolute atomic E-state index is 0.343. The number of rotatable bonds is 6. The number of aromatic nitrogens is 4. The predicted octanol–water partition coefficient (Wildman–Crippen LogP) is 3.92. The van der Waals surface area contributed by atoms with Gasteiger partial charge in [-0.15, -0.1) is 29.6 Å². The zero-order valence-electron chi connectivity index (χ0n) is 14.9. The summed E-state index contributed by atoms with van der Waals surface area (Å²) < 4.78 is 48.7. The van der Waals surface area contributed by atoms with Crippen LogP contribution in [0.2, 0.25) is 0 Å². The number of ether oxygens (including phenoxy) is 2. The van der Waals surface area contributed by atoms with Gasteiger partial charge in [0.05, 0.1) is 10.9 Å². The van der Waals surface area contributed by atoms with E-state index < -0.39 is 24.1 Å². The van der Waals surface area contributed by atoms with E-state index in [1.807, 2.05) is 11.4 Å². The number of methoxy groups -OCH3 is 1. The monoisotopic (exact) mass is 491 g/mol. The Morgan fingerprint density at radius 3 is 2.66 bits per heavy atom. The molecule has 1 unspecified atom stereocenters. The average molecular weight is 492 g/mol.